The van der Waals surface area contributed by atoms with E-state index in [0.717, 1.165) is 25.9 Å². The molecular formula is C12H18N4O. The van der Waals surface area contributed by atoms with E-state index in [4.69, 9.17) is 5.73 Å². The van der Waals surface area contributed by atoms with Crippen LogP contribution in [0.2, 0.25) is 0 Å². The highest BCUT2D eigenvalue weighted by atomic mass is 16.2. The molecule has 2 rings (SSSR count). The summed E-state index contributed by atoms with van der Waals surface area (Å²) in [7, 11) is 0. The molecule has 1 atom stereocenters. The Hall–Kier alpha value is -1.49. The minimum atomic E-state index is -0.0266. The number of piperidine rings is 1. The number of rotatable bonds is 2. The highest BCUT2D eigenvalue weighted by Crippen LogP contribution is 2.20. The lowest BCUT2D eigenvalue weighted by Crippen LogP contribution is -2.42. The van der Waals surface area contributed by atoms with Gasteiger partial charge in [0.2, 0.25) is 0 Å². The number of nitrogens with two attached hydrogens (primary N) is 1. The third-order valence-electron chi connectivity index (χ3n) is 3.35. The maximum absolute atomic E-state index is 12.1. The standard InChI is InChI=1S/C12H18N4O/c1-9(13)10-2-6-16(7-3-10)12(17)11-8-14-4-5-15-11/h4-5,8-10H,2-3,6-7,13H2,1H3. The zero-order valence-corrected chi connectivity index (χ0v) is 10.0. The van der Waals surface area contributed by atoms with E-state index in [0.29, 0.717) is 11.6 Å². The van der Waals surface area contributed by atoms with Gasteiger partial charge in [0.1, 0.15) is 5.69 Å². The summed E-state index contributed by atoms with van der Waals surface area (Å²) in [5, 5.41) is 0. The van der Waals surface area contributed by atoms with E-state index in [1.165, 1.54) is 6.20 Å². The largest absolute Gasteiger partial charge is 0.337 e. The Kier molecular flexibility index (Phi) is 3.68. The Bertz CT molecular complexity index is 371. The zero-order chi connectivity index (χ0) is 12.3. The molecule has 0 aliphatic carbocycles. The number of carbonyl (C=O) groups excluding carboxylic acids is 1. The van der Waals surface area contributed by atoms with Gasteiger partial charge in [-0.1, -0.05) is 0 Å². The molecule has 0 aromatic carbocycles. The SMILES string of the molecule is CC(N)C1CCN(C(=O)c2cnccn2)CC1. The van der Waals surface area contributed by atoms with Crippen LogP contribution in [-0.2, 0) is 0 Å². The smallest absolute Gasteiger partial charge is 0.274 e. The predicted octanol–water partition coefficient (Wildman–Crippen LogP) is 0.676. The van der Waals surface area contributed by atoms with Crippen molar-refractivity contribution in [1.82, 2.24) is 14.9 Å². The molecule has 1 unspecified atom stereocenters. The van der Waals surface area contributed by atoms with Crippen molar-refractivity contribution in [2.24, 2.45) is 11.7 Å². The second-order valence-electron chi connectivity index (χ2n) is 4.58. The monoisotopic (exact) mass is 234 g/mol. The number of amides is 1. The Morgan fingerprint density at radius 3 is 2.71 bits per heavy atom. The fraction of sp³-hybridized carbons (Fsp3) is 0.583. The molecule has 1 aliphatic heterocycles. The van der Waals surface area contributed by atoms with E-state index < -0.39 is 0 Å². The lowest BCUT2D eigenvalue weighted by atomic mass is 9.91. The predicted molar refractivity (Wildman–Crippen MR) is 64.3 cm³/mol. The summed E-state index contributed by atoms with van der Waals surface area (Å²) < 4.78 is 0. The van der Waals surface area contributed by atoms with Crippen LogP contribution < -0.4 is 5.73 Å². The van der Waals surface area contributed by atoms with Gasteiger partial charge < -0.3 is 10.6 Å². The van der Waals surface area contributed by atoms with Gasteiger partial charge in [-0.3, -0.25) is 9.78 Å². The minimum absolute atomic E-state index is 0.0266. The first-order valence-corrected chi connectivity index (χ1v) is 5.99. The lowest BCUT2D eigenvalue weighted by Gasteiger charge is -2.33. The van der Waals surface area contributed by atoms with Gasteiger partial charge >= 0.3 is 0 Å². The highest BCUT2D eigenvalue weighted by molar-refractivity contribution is 5.91. The summed E-state index contributed by atoms with van der Waals surface area (Å²) in [5.41, 5.74) is 6.30. The Labute approximate surface area is 101 Å². The van der Waals surface area contributed by atoms with Crippen LogP contribution in [0.3, 0.4) is 0 Å². The van der Waals surface area contributed by atoms with Gasteiger partial charge in [-0.25, -0.2) is 4.98 Å². The van der Waals surface area contributed by atoms with Gasteiger partial charge in [0.05, 0.1) is 6.20 Å². The number of hydrogen-bond acceptors (Lipinski definition) is 4. The normalized spacial score (nSPS) is 19.1. The van der Waals surface area contributed by atoms with Crippen molar-refractivity contribution in [2.45, 2.75) is 25.8 Å². The molecule has 1 aliphatic rings. The highest BCUT2D eigenvalue weighted by Gasteiger charge is 2.25. The maximum atomic E-state index is 12.1. The quantitative estimate of drug-likeness (QED) is 0.816. The number of likely N-dealkylation sites (tertiary alicyclic amines) is 1. The second-order valence-corrected chi connectivity index (χ2v) is 4.58. The number of aromatic nitrogens is 2. The molecule has 5 nitrogen and oxygen atoms in total. The van der Waals surface area contributed by atoms with Crippen molar-refractivity contribution < 1.29 is 4.79 Å². The Morgan fingerprint density at radius 1 is 1.47 bits per heavy atom. The maximum Gasteiger partial charge on any atom is 0.274 e. The molecule has 17 heavy (non-hydrogen) atoms. The van der Waals surface area contributed by atoms with Crippen molar-refractivity contribution >= 4 is 5.91 Å². The van der Waals surface area contributed by atoms with Gasteiger partial charge in [-0.2, -0.15) is 0 Å². The first kappa shape index (κ1) is 12.0. The molecule has 0 radical (unpaired) electrons. The number of carbonyl (C=O) groups is 1. The third kappa shape index (κ3) is 2.79. The molecule has 1 saturated heterocycles. The zero-order valence-electron chi connectivity index (χ0n) is 10.0. The van der Waals surface area contributed by atoms with Gasteiger partial charge in [-0.05, 0) is 25.7 Å². The summed E-state index contributed by atoms with van der Waals surface area (Å²) in [6.45, 7) is 3.56. The van der Waals surface area contributed by atoms with Crippen LogP contribution in [-0.4, -0.2) is 39.9 Å². The van der Waals surface area contributed by atoms with E-state index >= 15 is 0 Å². The Morgan fingerprint density at radius 2 is 2.18 bits per heavy atom. The van der Waals surface area contributed by atoms with E-state index in [9.17, 15) is 4.79 Å². The first-order valence-electron chi connectivity index (χ1n) is 5.99. The molecule has 0 saturated carbocycles. The number of hydrogen-bond donors (Lipinski definition) is 1. The molecule has 0 spiro atoms. The van der Waals surface area contributed by atoms with Crippen LogP contribution in [0.5, 0.6) is 0 Å². The van der Waals surface area contributed by atoms with Crippen molar-refractivity contribution in [3.05, 3.63) is 24.3 Å². The molecule has 2 N–H and O–H groups in total. The van der Waals surface area contributed by atoms with Crippen LogP contribution in [0.15, 0.2) is 18.6 Å². The lowest BCUT2D eigenvalue weighted by molar-refractivity contribution is 0.0674. The van der Waals surface area contributed by atoms with Crippen molar-refractivity contribution in [1.29, 1.82) is 0 Å². The second kappa shape index (κ2) is 5.23. The van der Waals surface area contributed by atoms with Crippen LogP contribution in [0.1, 0.15) is 30.3 Å². The average Bonchev–Trinajstić information content (AvgIpc) is 2.39. The molecule has 1 aromatic rings. The Balaban J connectivity index is 1.95. The topological polar surface area (TPSA) is 72.1 Å². The molecule has 2 heterocycles. The summed E-state index contributed by atoms with van der Waals surface area (Å²) >= 11 is 0. The molecular weight excluding hydrogens is 216 g/mol. The molecule has 92 valence electrons. The van der Waals surface area contributed by atoms with Crippen LogP contribution >= 0.6 is 0 Å². The average molecular weight is 234 g/mol. The van der Waals surface area contributed by atoms with Gasteiger partial charge in [0.15, 0.2) is 0 Å². The molecule has 1 aromatic heterocycles. The summed E-state index contributed by atoms with van der Waals surface area (Å²) in [6, 6.07) is 0.212. The molecule has 0 bridgehead atoms. The molecule has 1 fully saturated rings. The summed E-state index contributed by atoms with van der Waals surface area (Å²) in [6.07, 6.45) is 6.58. The van der Waals surface area contributed by atoms with E-state index in [-0.39, 0.29) is 11.9 Å². The van der Waals surface area contributed by atoms with E-state index in [1.807, 2.05) is 11.8 Å². The minimum Gasteiger partial charge on any atom is -0.337 e. The van der Waals surface area contributed by atoms with Crippen LogP contribution in [0.25, 0.3) is 0 Å². The fourth-order valence-corrected chi connectivity index (χ4v) is 2.20. The van der Waals surface area contributed by atoms with Crippen molar-refractivity contribution in [3.8, 4) is 0 Å². The summed E-state index contributed by atoms with van der Waals surface area (Å²) in [4.78, 5) is 21.8. The van der Waals surface area contributed by atoms with E-state index in [1.54, 1.807) is 12.4 Å². The third-order valence-corrected chi connectivity index (χ3v) is 3.35. The van der Waals surface area contributed by atoms with Crippen LogP contribution in [0, 0.1) is 5.92 Å². The van der Waals surface area contributed by atoms with Gasteiger partial charge in [0, 0.05) is 31.5 Å². The van der Waals surface area contributed by atoms with Gasteiger partial charge in [0.25, 0.3) is 5.91 Å². The first-order chi connectivity index (χ1) is 8.18. The van der Waals surface area contributed by atoms with Crippen molar-refractivity contribution in [3.63, 3.8) is 0 Å². The van der Waals surface area contributed by atoms with Crippen LogP contribution in [0.4, 0.5) is 0 Å². The fourth-order valence-electron chi connectivity index (χ4n) is 2.20. The summed E-state index contributed by atoms with van der Waals surface area (Å²) in [5.74, 6) is 0.502. The van der Waals surface area contributed by atoms with Gasteiger partial charge in [-0.15, -0.1) is 0 Å². The molecule has 1 amide bonds. The number of nitrogens with zero attached hydrogens (tertiary/aromatic N) is 3. The van der Waals surface area contributed by atoms with Crippen molar-refractivity contribution in [2.75, 3.05) is 13.1 Å². The van der Waals surface area contributed by atoms with E-state index in [2.05, 4.69) is 9.97 Å². The molecule has 5 heteroatoms.